The third-order valence-electron chi connectivity index (χ3n) is 3.47. The largest absolute Gasteiger partial charge is 0.323 e. The Morgan fingerprint density at radius 1 is 1.04 bits per heavy atom. The fourth-order valence-corrected chi connectivity index (χ4v) is 3.05. The average Bonchev–Trinajstić information content (AvgIpc) is 2.63. The van der Waals surface area contributed by atoms with E-state index in [1.54, 1.807) is 25.1 Å². The number of hydrogen-bond donors (Lipinski definition) is 1. The van der Waals surface area contributed by atoms with Crippen LogP contribution in [0.4, 0.5) is 18.9 Å². The average molecular weight is 389 g/mol. The first-order valence-corrected chi connectivity index (χ1v) is 8.88. The van der Waals surface area contributed by atoms with Gasteiger partial charge in [0, 0.05) is 17.3 Å². The number of thioether (sulfide) groups is 1. The van der Waals surface area contributed by atoms with Gasteiger partial charge in [-0.15, -0.1) is 0 Å². The molecular weight excluding hydrogens is 375 g/mol. The van der Waals surface area contributed by atoms with Gasteiger partial charge < -0.3 is 5.32 Å². The smallest absolute Gasteiger partial charge is 0.234 e. The molecule has 1 aromatic heterocycles. The van der Waals surface area contributed by atoms with E-state index in [9.17, 15) is 18.0 Å². The monoisotopic (exact) mass is 389 g/mol. The Hall–Kier alpha value is -2.87. The highest BCUT2D eigenvalue weighted by atomic mass is 32.2. The minimum atomic E-state index is -0.721. The summed E-state index contributed by atoms with van der Waals surface area (Å²) in [5, 5.41) is 2.83. The molecule has 0 spiro atoms. The van der Waals surface area contributed by atoms with Gasteiger partial charge in [-0.25, -0.2) is 23.1 Å². The molecule has 1 N–H and O–H groups in total. The van der Waals surface area contributed by atoms with Crippen molar-refractivity contribution in [3.05, 3.63) is 71.7 Å². The van der Waals surface area contributed by atoms with Crippen molar-refractivity contribution in [3.63, 3.8) is 0 Å². The number of amides is 1. The predicted octanol–water partition coefficient (Wildman–Crippen LogP) is 4.60. The number of anilines is 1. The molecule has 0 aliphatic carbocycles. The van der Waals surface area contributed by atoms with Crippen molar-refractivity contribution in [3.8, 4) is 11.4 Å². The van der Waals surface area contributed by atoms with Crippen molar-refractivity contribution < 1.29 is 18.0 Å². The molecule has 0 saturated heterocycles. The summed E-state index contributed by atoms with van der Waals surface area (Å²) in [6.45, 7) is 1.76. The van der Waals surface area contributed by atoms with Gasteiger partial charge in [0.15, 0.2) is 5.82 Å². The van der Waals surface area contributed by atoms with E-state index < -0.39 is 23.4 Å². The second kappa shape index (κ2) is 8.22. The number of aromatic nitrogens is 2. The van der Waals surface area contributed by atoms with Gasteiger partial charge in [-0.3, -0.25) is 4.79 Å². The number of hydrogen-bond acceptors (Lipinski definition) is 4. The first-order chi connectivity index (χ1) is 12.9. The fourth-order valence-electron chi connectivity index (χ4n) is 2.29. The minimum absolute atomic E-state index is 0.0605. The van der Waals surface area contributed by atoms with E-state index >= 15 is 0 Å². The Bertz CT molecular complexity index is 998. The molecule has 3 aromatic rings. The number of rotatable bonds is 5. The zero-order chi connectivity index (χ0) is 19.4. The van der Waals surface area contributed by atoms with E-state index in [1.165, 1.54) is 12.1 Å². The first kappa shape index (κ1) is 18.9. The normalized spacial score (nSPS) is 10.7. The van der Waals surface area contributed by atoms with Crippen LogP contribution in [0.3, 0.4) is 0 Å². The Labute approximate surface area is 157 Å². The van der Waals surface area contributed by atoms with Crippen molar-refractivity contribution in [1.82, 2.24) is 9.97 Å². The Balaban J connectivity index is 1.70. The van der Waals surface area contributed by atoms with Crippen LogP contribution in [0.15, 0.2) is 53.6 Å². The summed E-state index contributed by atoms with van der Waals surface area (Å²) < 4.78 is 40.1. The standard InChI is InChI=1S/C19H14F3N3OS/c1-11-7-18(25-19(23-11)12-3-2-4-13(20)8-12)27-10-17(26)24-16-9-14(21)5-6-15(16)22/h2-9H,10H2,1H3,(H,24,26). The molecule has 0 aliphatic heterocycles. The molecule has 3 rings (SSSR count). The van der Waals surface area contributed by atoms with Crippen LogP contribution in [0.2, 0.25) is 0 Å². The zero-order valence-corrected chi connectivity index (χ0v) is 15.0. The van der Waals surface area contributed by atoms with Crippen molar-refractivity contribution in [2.45, 2.75) is 11.9 Å². The van der Waals surface area contributed by atoms with Gasteiger partial charge in [0.25, 0.3) is 0 Å². The van der Waals surface area contributed by atoms with Crippen LogP contribution in [-0.4, -0.2) is 21.6 Å². The summed E-state index contributed by atoms with van der Waals surface area (Å²) in [4.78, 5) is 20.6. The topological polar surface area (TPSA) is 54.9 Å². The molecule has 0 fully saturated rings. The lowest BCUT2D eigenvalue weighted by Gasteiger charge is -2.08. The van der Waals surface area contributed by atoms with E-state index in [4.69, 9.17) is 0 Å². The maximum atomic E-state index is 13.6. The van der Waals surface area contributed by atoms with Crippen LogP contribution < -0.4 is 5.32 Å². The van der Waals surface area contributed by atoms with Gasteiger partial charge in [0.2, 0.25) is 5.91 Å². The second-order valence-electron chi connectivity index (χ2n) is 5.64. The van der Waals surface area contributed by atoms with Gasteiger partial charge in [0.1, 0.15) is 22.5 Å². The van der Waals surface area contributed by atoms with Gasteiger partial charge in [0.05, 0.1) is 11.4 Å². The van der Waals surface area contributed by atoms with Crippen molar-refractivity contribution in [2.75, 3.05) is 11.1 Å². The molecular formula is C19H14F3N3OS. The molecule has 1 amide bonds. The lowest BCUT2D eigenvalue weighted by atomic mass is 10.2. The molecule has 0 bridgehead atoms. The highest BCUT2D eigenvalue weighted by molar-refractivity contribution is 7.99. The third-order valence-corrected chi connectivity index (χ3v) is 4.38. The molecule has 2 aromatic carbocycles. The maximum absolute atomic E-state index is 13.6. The molecule has 0 aliphatic rings. The number of carbonyl (C=O) groups excluding carboxylic acids is 1. The van der Waals surface area contributed by atoms with Crippen LogP contribution in [0.1, 0.15) is 5.69 Å². The molecule has 4 nitrogen and oxygen atoms in total. The number of halogens is 3. The molecule has 0 saturated carbocycles. The Morgan fingerprint density at radius 2 is 1.81 bits per heavy atom. The van der Waals surface area contributed by atoms with E-state index in [0.717, 1.165) is 30.0 Å². The number of aryl methyl sites for hydroxylation is 1. The number of benzene rings is 2. The molecule has 8 heteroatoms. The van der Waals surface area contributed by atoms with Crippen LogP contribution in [-0.2, 0) is 4.79 Å². The molecule has 1 heterocycles. The highest BCUT2D eigenvalue weighted by Gasteiger charge is 2.11. The molecule has 0 atom stereocenters. The summed E-state index contributed by atoms with van der Waals surface area (Å²) in [5.41, 5.74) is 0.954. The minimum Gasteiger partial charge on any atom is -0.323 e. The van der Waals surface area contributed by atoms with Crippen LogP contribution in [0.25, 0.3) is 11.4 Å². The highest BCUT2D eigenvalue weighted by Crippen LogP contribution is 2.23. The fraction of sp³-hybridized carbons (Fsp3) is 0.105. The van der Waals surface area contributed by atoms with Crippen LogP contribution in [0, 0.1) is 24.4 Å². The van der Waals surface area contributed by atoms with E-state index in [-0.39, 0.29) is 11.4 Å². The Kier molecular flexibility index (Phi) is 5.75. The van der Waals surface area contributed by atoms with Crippen molar-refractivity contribution >= 4 is 23.4 Å². The Morgan fingerprint density at radius 3 is 2.59 bits per heavy atom. The van der Waals surface area contributed by atoms with E-state index in [1.807, 2.05) is 0 Å². The molecule has 0 unspecified atom stereocenters. The van der Waals surface area contributed by atoms with Gasteiger partial charge in [-0.2, -0.15) is 0 Å². The number of nitrogens with one attached hydrogen (secondary N) is 1. The maximum Gasteiger partial charge on any atom is 0.234 e. The summed E-state index contributed by atoms with van der Waals surface area (Å²) >= 11 is 1.11. The SMILES string of the molecule is Cc1cc(SCC(=O)Nc2cc(F)ccc2F)nc(-c2cccc(F)c2)n1. The third kappa shape index (κ3) is 5.07. The van der Waals surface area contributed by atoms with Gasteiger partial charge >= 0.3 is 0 Å². The quantitative estimate of drug-likeness (QED) is 0.512. The van der Waals surface area contributed by atoms with Gasteiger partial charge in [-0.1, -0.05) is 23.9 Å². The summed E-state index contributed by atoms with van der Waals surface area (Å²) in [7, 11) is 0. The predicted molar refractivity (Wildman–Crippen MR) is 97.9 cm³/mol. The first-order valence-electron chi connectivity index (χ1n) is 7.90. The number of carbonyl (C=O) groups is 1. The van der Waals surface area contributed by atoms with Crippen LogP contribution >= 0.6 is 11.8 Å². The van der Waals surface area contributed by atoms with E-state index in [2.05, 4.69) is 15.3 Å². The lowest BCUT2D eigenvalue weighted by Crippen LogP contribution is -2.15. The summed E-state index contributed by atoms with van der Waals surface area (Å²) in [6.07, 6.45) is 0. The zero-order valence-electron chi connectivity index (χ0n) is 14.2. The van der Waals surface area contributed by atoms with Crippen molar-refractivity contribution in [2.24, 2.45) is 0 Å². The van der Waals surface area contributed by atoms with Crippen molar-refractivity contribution in [1.29, 1.82) is 0 Å². The number of nitrogens with zero attached hydrogens (tertiary/aromatic N) is 2. The lowest BCUT2D eigenvalue weighted by molar-refractivity contribution is -0.113. The molecule has 138 valence electrons. The second-order valence-corrected chi connectivity index (χ2v) is 6.64. The van der Waals surface area contributed by atoms with Gasteiger partial charge in [-0.05, 0) is 37.3 Å². The summed E-state index contributed by atoms with van der Waals surface area (Å²) in [6, 6.07) is 10.4. The molecule has 27 heavy (non-hydrogen) atoms. The molecule has 0 radical (unpaired) electrons. The van der Waals surface area contributed by atoms with E-state index in [0.29, 0.717) is 22.1 Å². The summed E-state index contributed by atoms with van der Waals surface area (Å²) in [5.74, 6) is -1.99. The van der Waals surface area contributed by atoms with Crippen LogP contribution in [0.5, 0.6) is 0 Å².